The molecule has 108 valence electrons. The number of halogens is 1. The van der Waals surface area contributed by atoms with Crippen LogP contribution in [0.5, 0.6) is 0 Å². The van der Waals surface area contributed by atoms with Crippen LogP contribution in [0.3, 0.4) is 0 Å². The SMILES string of the molecule is CC1CN(C(=O)c2cc([N+](=O)[O-])ccc2Cl)CCC1N. The monoisotopic (exact) mass is 297 g/mol. The van der Waals surface area contributed by atoms with Crippen LogP contribution in [0.2, 0.25) is 5.02 Å². The summed E-state index contributed by atoms with van der Waals surface area (Å²) in [7, 11) is 0. The molecule has 1 aliphatic heterocycles. The first-order valence-corrected chi connectivity index (χ1v) is 6.76. The van der Waals surface area contributed by atoms with E-state index in [0.717, 1.165) is 6.42 Å². The van der Waals surface area contributed by atoms with Gasteiger partial charge in [-0.15, -0.1) is 0 Å². The van der Waals surface area contributed by atoms with Crippen molar-refractivity contribution in [2.24, 2.45) is 11.7 Å². The molecule has 2 rings (SSSR count). The van der Waals surface area contributed by atoms with Crippen LogP contribution in [-0.4, -0.2) is 34.9 Å². The molecule has 0 spiro atoms. The van der Waals surface area contributed by atoms with Gasteiger partial charge in [-0.2, -0.15) is 0 Å². The highest BCUT2D eigenvalue weighted by Gasteiger charge is 2.28. The maximum absolute atomic E-state index is 12.4. The smallest absolute Gasteiger partial charge is 0.270 e. The number of nitro groups is 1. The molecule has 0 saturated carbocycles. The van der Waals surface area contributed by atoms with E-state index in [0.29, 0.717) is 13.1 Å². The summed E-state index contributed by atoms with van der Waals surface area (Å²) < 4.78 is 0. The van der Waals surface area contributed by atoms with Gasteiger partial charge in [0.05, 0.1) is 15.5 Å². The van der Waals surface area contributed by atoms with Crippen molar-refractivity contribution < 1.29 is 9.72 Å². The lowest BCUT2D eigenvalue weighted by Crippen LogP contribution is -2.48. The number of hydrogen-bond acceptors (Lipinski definition) is 4. The molecule has 1 fully saturated rings. The molecular weight excluding hydrogens is 282 g/mol. The molecule has 1 aromatic rings. The number of hydrogen-bond donors (Lipinski definition) is 1. The van der Waals surface area contributed by atoms with Crippen molar-refractivity contribution in [2.75, 3.05) is 13.1 Å². The molecule has 6 nitrogen and oxygen atoms in total. The second kappa shape index (κ2) is 5.76. The Hall–Kier alpha value is -1.66. The largest absolute Gasteiger partial charge is 0.338 e. The molecule has 0 aliphatic carbocycles. The van der Waals surface area contributed by atoms with Gasteiger partial charge in [-0.3, -0.25) is 14.9 Å². The van der Waals surface area contributed by atoms with E-state index in [1.807, 2.05) is 6.92 Å². The molecule has 7 heteroatoms. The van der Waals surface area contributed by atoms with Crippen LogP contribution in [0, 0.1) is 16.0 Å². The summed E-state index contributed by atoms with van der Waals surface area (Å²) in [5.74, 6) is -0.0809. The Morgan fingerprint density at radius 3 is 2.85 bits per heavy atom. The number of carbonyl (C=O) groups excluding carboxylic acids is 1. The Morgan fingerprint density at radius 1 is 1.55 bits per heavy atom. The molecule has 2 N–H and O–H groups in total. The van der Waals surface area contributed by atoms with Crippen molar-refractivity contribution in [1.82, 2.24) is 4.90 Å². The third-order valence-corrected chi connectivity index (χ3v) is 3.98. The summed E-state index contributed by atoms with van der Waals surface area (Å²) in [6, 6.07) is 3.98. The number of benzene rings is 1. The van der Waals surface area contributed by atoms with Gasteiger partial charge in [-0.1, -0.05) is 18.5 Å². The summed E-state index contributed by atoms with van der Waals surface area (Å²) in [6.45, 7) is 3.07. The number of nitro benzene ring substituents is 1. The van der Waals surface area contributed by atoms with Gasteiger partial charge < -0.3 is 10.6 Å². The molecule has 1 heterocycles. The fraction of sp³-hybridized carbons (Fsp3) is 0.462. The minimum atomic E-state index is -0.540. The summed E-state index contributed by atoms with van der Waals surface area (Å²) in [6.07, 6.45) is 0.722. The molecule has 0 aromatic heterocycles. The lowest BCUT2D eigenvalue weighted by molar-refractivity contribution is -0.384. The van der Waals surface area contributed by atoms with Gasteiger partial charge in [-0.05, 0) is 18.4 Å². The van der Waals surface area contributed by atoms with E-state index < -0.39 is 4.92 Å². The predicted octanol–water partition coefficient (Wildman–Crippen LogP) is 2.06. The maximum atomic E-state index is 12.4. The molecule has 2 unspecified atom stereocenters. The first-order valence-electron chi connectivity index (χ1n) is 6.39. The van der Waals surface area contributed by atoms with E-state index in [-0.39, 0.29) is 34.1 Å². The second-order valence-corrected chi connectivity index (χ2v) is 5.51. The Balaban J connectivity index is 2.25. The zero-order valence-electron chi connectivity index (χ0n) is 11.1. The highest BCUT2D eigenvalue weighted by Crippen LogP contribution is 2.25. The molecule has 0 bridgehead atoms. The van der Waals surface area contributed by atoms with Crippen molar-refractivity contribution in [3.63, 3.8) is 0 Å². The van der Waals surface area contributed by atoms with Crippen LogP contribution >= 0.6 is 11.6 Å². The first-order chi connectivity index (χ1) is 9.40. The van der Waals surface area contributed by atoms with Crippen molar-refractivity contribution >= 4 is 23.2 Å². The molecular formula is C13H16ClN3O3. The minimum Gasteiger partial charge on any atom is -0.338 e. The zero-order valence-corrected chi connectivity index (χ0v) is 11.8. The van der Waals surface area contributed by atoms with Gasteiger partial charge in [0, 0.05) is 31.3 Å². The number of nitrogens with two attached hydrogens (primary N) is 1. The Labute approximate surface area is 121 Å². The van der Waals surface area contributed by atoms with E-state index >= 15 is 0 Å². The van der Waals surface area contributed by atoms with Crippen LogP contribution < -0.4 is 5.73 Å². The summed E-state index contributed by atoms with van der Waals surface area (Å²) >= 11 is 5.99. The van der Waals surface area contributed by atoms with Crippen LogP contribution in [-0.2, 0) is 0 Å². The summed E-state index contributed by atoms with van der Waals surface area (Å²) in [5, 5.41) is 11.0. The van der Waals surface area contributed by atoms with E-state index in [1.165, 1.54) is 18.2 Å². The first kappa shape index (κ1) is 14.7. The predicted molar refractivity (Wildman–Crippen MR) is 75.8 cm³/mol. The fourth-order valence-corrected chi connectivity index (χ4v) is 2.51. The number of nitrogens with zero attached hydrogens (tertiary/aromatic N) is 2. The molecule has 2 atom stereocenters. The van der Waals surface area contributed by atoms with Crippen molar-refractivity contribution in [1.29, 1.82) is 0 Å². The van der Waals surface area contributed by atoms with Crippen LogP contribution in [0.1, 0.15) is 23.7 Å². The van der Waals surface area contributed by atoms with Crippen LogP contribution in [0.15, 0.2) is 18.2 Å². The normalized spacial score (nSPS) is 22.6. The standard InChI is InChI=1S/C13H16ClN3O3/c1-8-7-16(5-4-12(8)15)13(18)10-6-9(17(19)20)2-3-11(10)14/h2-3,6,8,12H,4-5,7,15H2,1H3. The number of amides is 1. The summed E-state index contributed by atoms with van der Waals surface area (Å²) in [4.78, 5) is 24.3. The quantitative estimate of drug-likeness (QED) is 0.668. The third-order valence-electron chi connectivity index (χ3n) is 3.65. The minimum absolute atomic E-state index is 0.0830. The van der Waals surface area contributed by atoms with Gasteiger partial charge in [0.25, 0.3) is 11.6 Å². The lowest BCUT2D eigenvalue weighted by Gasteiger charge is -2.35. The van der Waals surface area contributed by atoms with E-state index in [4.69, 9.17) is 17.3 Å². The molecule has 1 amide bonds. The fourth-order valence-electron chi connectivity index (χ4n) is 2.31. The highest BCUT2D eigenvalue weighted by atomic mass is 35.5. The van der Waals surface area contributed by atoms with Crippen molar-refractivity contribution in [3.05, 3.63) is 38.9 Å². The van der Waals surface area contributed by atoms with Gasteiger partial charge in [0.2, 0.25) is 0 Å². The lowest BCUT2D eigenvalue weighted by atomic mass is 9.94. The Kier molecular flexibility index (Phi) is 4.25. The van der Waals surface area contributed by atoms with Gasteiger partial charge in [0.15, 0.2) is 0 Å². The van der Waals surface area contributed by atoms with Crippen LogP contribution in [0.25, 0.3) is 0 Å². The summed E-state index contributed by atoms with van der Waals surface area (Å²) in [5.41, 5.74) is 5.95. The molecule has 20 heavy (non-hydrogen) atoms. The maximum Gasteiger partial charge on any atom is 0.270 e. The van der Waals surface area contributed by atoms with Gasteiger partial charge >= 0.3 is 0 Å². The van der Waals surface area contributed by atoms with Gasteiger partial charge in [0.1, 0.15) is 0 Å². The molecule has 1 aromatic carbocycles. The van der Waals surface area contributed by atoms with Crippen molar-refractivity contribution in [3.8, 4) is 0 Å². The van der Waals surface area contributed by atoms with E-state index in [2.05, 4.69) is 0 Å². The van der Waals surface area contributed by atoms with E-state index in [1.54, 1.807) is 4.90 Å². The third kappa shape index (κ3) is 2.91. The highest BCUT2D eigenvalue weighted by molar-refractivity contribution is 6.33. The number of carbonyl (C=O) groups is 1. The molecule has 1 aliphatic rings. The Bertz CT molecular complexity index is 550. The molecule has 1 saturated heterocycles. The number of piperidine rings is 1. The topological polar surface area (TPSA) is 89.5 Å². The van der Waals surface area contributed by atoms with Gasteiger partial charge in [-0.25, -0.2) is 0 Å². The second-order valence-electron chi connectivity index (χ2n) is 5.10. The average molecular weight is 298 g/mol. The molecule has 0 radical (unpaired) electrons. The zero-order chi connectivity index (χ0) is 14.9. The number of rotatable bonds is 2. The van der Waals surface area contributed by atoms with Crippen molar-refractivity contribution in [2.45, 2.75) is 19.4 Å². The Morgan fingerprint density at radius 2 is 2.25 bits per heavy atom. The number of non-ortho nitro benzene ring substituents is 1. The van der Waals surface area contributed by atoms with Crippen LogP contribution in [0.4, 0.5) is 5.69 Å². The van der Waals surface area contributed by atoms with E-state index in [9.17, 15) is 14.9 Å². The number of likely N-dealkylation sites (tertiary alicyclic amines) is 1. The average Bonchev–Trinajstić information content (AvgIpc) is 2.41.